The van der Waals surface area contributed by atoms with Crippen molar-refractivity contribution in [1.29, 1.82) is 0 Å². The summed E-state index contributed by atoms with van der Waals surface area (Å²) in [6.45, 7) is 2.23. The normalized spacial score (nSPS) is 23.7. The van der Waals surface area contributed by atoms with Crippen molar-refractivity contribution >= 4 is 11.8 Å². The van der Waals surface area contributed by atoms with Crippen molar-refractivity contribution in [3.8, 4) is 0 Å². The standard InChI is InChI=1S/C12H18N2S/c1-10(11-4-6-13-7-5-11)14-12-3-2-8-15-9-12/h4-7,10,12,14H,2-3,8-9H2,1H3/t10-,12?/m0/s1. The fourth-order valence-electron chi connectivity index (χ4n) is 1.97. The molecule has 1 N–H and O–H groups in total. The Bertz CT molecular complexity index is 283. The van der Waals surface area contributed by atoms with Gasteiger partial charge in [0.25, 0.3) is 0 Å². The molecule has 15 heavy (non-hydrogen) atoms. The van der Waals surface area contributed by atoms with Crippen LogP contribution in [-0.2, 0) is 0 Å². The van der Waals surface area contributed by atoms with Crippen molar-refractivity contribution in [1.82, 2.24) is 10.3 Å². The minimum atomic E-state index is 0.441. The van der Waals surface area contributed by atoms with Gasteiger partial charge in [-0.1, -0.05) is 0 Å². The molecule has 1 unspecified atom stereocenters. The predicted molar refractivity (Wildman–Crippen MR) is 66.1 cm³/mol. The number of nitrogens with zero attached hydrogens (tertiary/aromatic N) is 1. The fraction of sp³-hybridized carbons (Fsp3) is 0.583. The molecule has 82 valence electrons. The van der Waals surface area contributed by atoms with Crippen LogP contribution in [0.4, 0.5) is 0 Å². The van der Waals surface area contributed by atoms with Gasteiger partial charge >= 0.3 is 0 Å². The molecule has 2 rings (SSSR count). The average molecular weight is 222 g/mol. The number of nitrogens with one attached hydrogen (secondary N) is 1. The van der Waals surface area contributed by atoms with Crippen molar-refractivity contribution in [3.63, 3.8) is 0 Å². The van der Waals surface area contributed by atoms with Crippen LogP contribution in [-0.4, -0.2) is 22.5 Å². The Hall–Kier alpha value is -0.540. The second-order valence-electron chi connectivity index (χ2n) is 4.08. The summed E-state index contributed by atoms with van der Waals surface area (Å²) in [4.78, 5) is 4.04. The van der Waals surface area contributed by atoms with E-state index in [0.29, 0.717) is 12.1 Å². The summed E-state index contributed by atoms with van der Waals surface area (Å²) in [5.41, 5.74) is 1.33. The van der Waals surface area contributed by atoms with Crippen molar-refractivity contribution in [2.24, 2.45) is 0 Å². The first kappa shape index (κ1) is 11.0. The molecule has 0 spiro atoms. The van der Waals surface area contributed by atoms with E-state index in [2.05, 4.69) is 41.1 Å². The van der Waals surface area contributed by atoms with E-state index in [1.54, 1.807) is 0 Å². The minimum absolute atomic E-state index is 0.441. The largest absolute Gasteiger partial charge is 0.307 e. The summed E-state index contributed by atoms with van der Waals surface area (Å²) in [5, 5.41) is 3.69. The number of hydrogen-bond donors (Lipinski definition) is 1. The lowest BCUT2D eigenvalue weighted by atomic mass is 10.1. The van der Waals surface area contributed by atoms with Crippen LogP contribution in [0.15, 0.2) is 24.5 Å². The highest BCUT2D eigenvalue weighted by molar-refractivity contribution is 7.99. The molecule has 1 aromatic heterocycles. The Balaban J connectivity index is 1.88. The van der Waals surface area contributed by atoms with Gasteiger partial charge in [0.1, 0.15) is 0 Å². The summed E-state index contributed by atoms with van der Waals surface area (Å²) < 4.78 is 0. The van der Waals surface area contributed by atoms with E-state index >= 15 is 0 Å². The molecule has 1 aromatic rings. The SMILES string of the molecule is C[C@H](NC1CCCSC1)c1ccncc1. The maximum Gasteiger partial charge on any atom is 0.0295 e. The van der Waals surface area contributed by atoms with Gasteiger partial charge in [-0.05, 0) is 43.2 Å². The molecule has 0 aromatic carbocycles. The highest BCUT2D eigenvalue weighted by Gasteiger charge is 2.16. The number of pyridine rings is 1. The molecule has 0 saturated carbocycles. The molecule has 1 aliphatic heterocycles. The summed E-state index contributed by atoms with van der Waals surface area (Å²) in [7, 11) is 0. The van der Waals surface area contributed by atoms with Crippen LogP contribution in [0.1, 0.15) is 31.4 Å². The van der Waals surface area contributed by atoms with Gasteiger partial charge in [0.05, 0.1) is 0 Å². The lowest BCUT2D eigenvalue weighted by Crippen LogP contribution is -2.35. The molecule has 0 aliphatic carbocycles. The van der Waals surface area contributed by atoms with Crippen molar-refractivity contribution in [2.75, 3.05) is 11.5 Å². The molecule has 0 bridgehead atoms. The summed E-state index contributed by atoms with van der Waals surface area (Å²) >= 11 is 2.07. The van der Waals surface area contributed by atoms with Gasteiger partial charge in [0.15, 0.2) is 0 Å². The molecule has 2 atom stereocenters. The van der Waals surface area contributed by atoms with Crippen molar-refractivity contribution in [2.45, 2.75) is 31.8 Å². The smallest absolute Gasteiger partial charge is 0.0295 e. The zero-order chi connectivity index (χ0) is 10.5. The van der Waals surface area contributed by atoms with Crippen molar-refractivity contribution < 1.29 is 0 Å². The van der Waals surface area contributed by atoms with E-state index in [1.807, 2.05) is 12.4 Å². The number of rotatable bonds is 3. The third kappa shape index (κ3) is 3.21. The van der Waals surface area contributed by atoms with Gasteiger partial charge in [-0.2, -0.15) is 11.8 Å². The van der Waals surface area contributed by atoms with E-state index in [-0.39, 0.29) is 0 Å². The van der Waals surface area contributed by atoms with Crippen LogP contribution in [0.5, 0.6) is 0 Å². The lowest BCUT2D eigenvalue weighted by Gasteiger charge is -2.26. The zero-order valence-corrected chi connectivity index (χ0v) is 9.96. The lowest BCUT2D eigenvalue weighted by molar-refractivity contribution is 0.452. The Morgan fingerprint density at radius 2 is 2.27 bits per heavy atom. The van der Waals surface area contributed by atoms with E-state index in [0.717, 1.165) is 0 Å². The number of aromatic nitrogens is 1. The Morgan fingerprint density at radius 1 is 1.47 bits per heavy atom. The van der Waals surface area contributed by atoms with Crippen molar-refractivity contribution in [3.05, 3.63) is 30.1 Å². The van der Waals surface area contributed by atoms with E-state index in [4.69, 9.17) is 0 Å². The number of hydrogen-bond acceptors (Lipinski definition) is 3. The maximum absolute atomic E-state index is 4.04. The maximum atomic E-state index is 4.04. The third-order valence-corrected chi connectivity index (χ3v) is 4.07. The second kappa shape index (κ2) is 5.52. The first-order valence-corrected chi connectivity index (χ1v) is 6.75. The monoisotopic (exact) mass is 222 g/mol. The van der Waals surface area contributed by atoms with Gasteiger partial charge in [0, 0.05) is 30.2 Å². The first-order chi connectivity index (χ1) is 7.36. The summed E-state index contributed by atoms with van der Waals surface area (Å²) in [5.74, 6) is 2.59. The van der Waals surface area contributed by atoms with Crippen LogP contribution < -0.4 is 5.32 Å². The van der Waals surface area contributed by atoms with Gasteiger partial charge in [-0.3, -0.25) is 4.98 Å². The fourth-order valence-corrected chi connectivity index (χ4v) is 3.06. The molecule has 1 fully saturated rings. The van der Waals surface area contributed by atoms with Crippen LogP contribution in [0, 0.1) is 0 Å². The Labute approximate surface area is 95.9 Å². The Morgan fingerprint density at radius 3 is 2.93 bits per heavy atom. The molecule has 2 heterocycles. The Kier molecular flexibility index (Phi) is 4.03. The first-order valence-electron chi connectivity index (χ1n) is 5.60. The molecule has 0 radical (unpaired) electrons. The highest BCUT2D eigenvalue weighted by atomic mass is 32.2. The average Bonchev–Trinajstić information content (AvgIpc) is 2.31. The zero-order valence-electron chi connectivity index (χ0n) is 9.15. The van der Waals surface area contributed by atoms with Crippen LogP contribution >= 0.6 is 11.8 Å². The molecular formula is C12H18N2S. The van der Waals surface area contributed by atoms with Gasteiger partial charge in [0.2, 0.25) is 0 Å². The second-order valence-corrected chi connectivity index (χ2v) is 5.23. The molecule has 1 aliphatic rings. The molecule has 0 amide bonds. The van der Waals surface area contributed by atoms with Gasteiger partial charge < -0.3 is 5.32 Å². The van der Waals surface area contributed by atoms with Gasteiger partial charge in [-0.15, -0.1) is 0 Å². The number of thioether (sulfide) groups is 1. The summed E-state index contributed by atoms with van der Waals surface area (Å²) in [6, 6.07) is 5.31. The van der Waals surface area contributed by atoms with E-state index < -0.39 is 0 Å². The molecular weight excluding hydrogens is 204 g/mol. The van der Waals surface area contributed by atoms with Gasteiger partial charge in [-0.25, -0.2) is 0 Å². The molecule has 3 heteroatoms. The van der Waals surface area contributed by atoms with Crippen LogP contribution in [0.25, 0.3) is 0 Å². The molecule has 2 nitrogen and oxygen atoms in total. The minimum Gasteiger partial charge on any atom is -0.307 e. The van der Waals surface area contributed by atoms with E-state index in [1.165, 1.54) is 29.9 Å². The molecule has 1 saturated heterocycles. The van der Waals surface area contributed by atoms with Crippen LogP contribution in [0.3, 0.4) is 0 Å². The topological polar surface area (TPSA) is 24.9 Å². The predicted octanol–water partition coefficient (Wildman–Crippen LogP) is 2.63. The van der Waals surface area contributed by atoms with E-state index in [9.17, 15) is 0 Å². The third-order valence-electron chi connectivity index (χ3n) is 2.85. The summed E-state index contributed by atoms with van der Waals surface area (Å²) in [6.07, 6.45) is 6.40. The highest BCUT2D eigenvalue weighted by Crippen LogP contribution is 2.20. The quantitative estimate of drug-likeness (QED) is 0.851. The van der Waals surface area contributed by atoms with Crippen LogP contribution in [0.2, 0.25) is 0 Å².